The Morgan fingerprint density at radius 1 is 1.04 bits per heavy atom. The number of hydrogen-bond acceptors (Lipinski definition) is 6. The molecule has 1 aromatic rings. The number of carbonyl (C=O) groups is 2. The number of imide groups is 1. The lowest BCUT2D eigenvalue weighted by atomic mass is 10.0. The van der Waals surface area contributed by atoms with Crippen molar-refractivity contribution in [2.45, 2.75) is 0 Å². The van der Waals surface area contributed by atoms with Crippen LogP contribution in [-0.2, 0) is 9.59 Å². The lowest BCUT2D eigenvalue weighted by Gasteiger charge is -2.34. The third-order valence-corrected chi connectivity index (χ3v) is 4.95. The molecule has 2 aliphatic rings. The summed E-state index contributed by atoms with van der Waals surface area (Å²) < 4.78 is 10.7. The van der Waals surface area contributed by atoms with Gasteiger partial charge in [-0.15, -0.1) is 6.58 Å². The molecule has 27 heavy (non-hydrogen) atoms. The number of rotatable bonds is 6. The predicted molar refractivity (Wildman–Crippen MR) is 102 cm³/mol. The van der Waals surface area contributed by atoms with Crippen molar-refractivity contribution in [3.63, 3.8) is 0 Å². The first-order valence-electron chi connectivity index (χ1n) is 8.89. The highest BCUT2D eigenvalue weighted by Gasteiger charge is 2.41. The third kappa shape index (κ3) is 3.42. The van der Waals surface area contributed by atoms with Crippen LogP contribution in [0.2, 0.25) is 0 Å². The SMILES string of the molecule is C=CCN1C(=O)C(c2ccc(OC)c(OC)c2)=C(N2CCN(C)CC2)C1=O. The second kappa shape index (κ2) is 7.84. The number of piperazine rings is 1. The van der Waals surface area contributed by atoms with E-state index in [4.69, 9.17) is 9.47 Å². The van der Waals surface area contributed by atoms with E-state index in [1.54, 1.807) is 38.5 Å². The number of hydrogen-bond donors (Lipinski definition) is 0. The summed E-state index contributed by atoms with van der Waals surface area (Å²) in [6.07, 6.45) is 1.56. The largest absolute Gasteiger partial charge is 0.493 e. The molecular formula is C20H25N3O4. The Hall–Kier alpha value is -2.80. The van der Waals surface area contributed by atoms with Gasteiger partial charge in [0.1, 0.15) is 5.70 Å². The first kappa shape index (κ1) is 19.0. The maximum Gasteiger partial charge on any atom is 0.278 e. The molecule has 0 aromatic heterocycles. The van der Waals surface area contributed by atoms with Gasteiger partial charge in [-0.2, -0.15) is 0 Å². The van der Waals surface area contributed by atoms with E-state index >= 15 is 0 Å². The molecule has 1 fully saturated rings. The van der Waals surface area contributed by atoms with Crippen LogP contribution in [0.15, 0.2) is 36.6 Å². The van der Waals surface area contributed by atoms with Crippen molar-refractivity contribution in [1.29, 1.82) is 0 Å². The maximum absolute atomic E-state index is 13.1. The summed E-state index contributed by atoms with van der Waals surface area (Å²) in [6.45, 7) is 6.93. The van der Waals surface area contributed by atoms with Crippen molar-refractivity contribution < 1.29 is 19.1 Å². The van der Waals surface area contributed by atoms with E-state index in [0.717, 1.165) is 13.1 Å². The molecule has 0 radical (unpaired) electrons. The van der Waals surface area contributed by atoms with Gasteiger partial charge in [0.15, 0.2) is 11.5 Å². The van der Waals surface area contributed by atoms with Crippen LogP contribution >= 0.6 is 0 Å². The Labute approximate surface area is 159 Å². The summed E-state index contributed by atoms with van der Waals surface area (Å²) in [5.41, 5.74) is 1.51. The number of benzene rings is 1. The van der Waals surface area contributed by atoms with E-state index in [0.29, 0.717) is 41.4 Å². The van der Waals surface area contributed by atoms with Crippen molar-refractivity contribution >= 4 is 17.4 Å². The lowest BCUT2D eigenvalue weighted by Crippen LogP contribution is -2.46. The average molecular weight is 371 g/mol. The molecule has 0 saturated carbocycles. The fraction of sp³-hybridized carbons (Fsp3) is 0.400. The Morgan fingerprint density at radius 3 is 2.30 bits per heavy atom. The van der Waals surface area contributed by atoms with Gasteiger partial charge in [-0.1, -0.05) is 12.1 Å². The summed E-state index contributed by atoms with van der Waals surface area (Å²) in [7, 11) is 5.15. The molecule has 0 spiro atoms. The van der Waals surface area contributed by atoms with Crippen molar-refractivity contribution in [1.82, 2.24) is 14.7 Å². The summed E-state index contributed by atoms with van der Waals surface area (Å²) in [5, 5.41) is 0. The monoisotopic (exact) mass is 371 g/mol. The highest BCUT2D eigenvalue weighted by molar-refractivity contribution is 6.35. The maximum atomic E-state index is 13.1. The van der Waals surface area contributed by atoms with Crippen LogP contribution in [0, 0.1) is 0 Å². The van der Waals surface area contributed by atoms with Crippen LogP contribution in [0.3, 0.4) is 0 Å². The highest BCUT2D eigenvalue weighted by Crippen LogP contribution is 2.36. The second-order valence-corrected chi connectivity index (χ2v) is 6.59. The molecule has 144 valence electrons. The number of amides is 2. The summed E-state index contributed by atoms with van der Waals surface area (Å²) in [4.78, 5) is 31.6. The van der Waals surface area contributed by atoms with Crippen LogP contribution in [-0.4, -0.2) is 80.5 Å². The van der Waals surface area contributed by atoms with Gasteiger partial charge < -0.3 is 19.3 Å². The van der Waals surface area contributed by atoms with Crippen molar-refractivity contribution in [3.8, 4) is 11.5 Å². The minimum Gasteiger partial charge on any atom is -0.493 e. The molecule has 1 saturated heterocycles. The van der Waals surface area contributed by atoms with E-state index in [-0.39, 0.29) is 18.4 Å². The Balaban J connectivity index is 2.09. The summed E-state index contributed by atoms with van der Waals surface area (Å²) in [6, 6.07) is 5.28. The first-order valence-corrected chi connectivity index (χ1v) is 8.89. The van der Waals surface area contributed by atoms with Gasteiger partial charge in [0.25, 0.3) is 11.8 Å². The number of likely N-dealkylation sites (N-methyl/N-ethyl adjacent to an activating group) is 1. The number of methoxy groups -OCH3 is 2. The molecule has 1 aromatic carbocycles. The molecule has 0 N–H and O–H groups in total. The molecule has 3 rings (SSSR count). The number of nitrogens with zero attached hydrogens (tertiary/aromatic N) is 3. The molecule has 7 nitrogen and oxygen atoms in total. The minimum absolute atomic E-state index is 0.186. The topological polar surface area (TPSA) is 62.3 Å². The molecule has 0 unspecified atom stereocenters. The molecule has 7 heteroatoms. The van der Waals surface area contributed by atoms with Gasteiger partial charge in [-0.3, -0.25) is 14.5 Å². The van der Waals surface area contributed by atoms with Crippen molar-refractivity contribution in [2.24, 2.45) is 0 Å². The summed E-state index contributed by atoms with van der Waals surface area (Å²) >= 11 is 0. The zero-order valence-corrected chi connectivity index (χ0v) is 16.0. The van der Waals surface area contributed by atoms with Crippen molar-refractivity contribution in [2.75, 3.05) is 54.0 Å². The van der Waals surface area contributed by atoms with Gasteiger partial charge >= 0.3 is 0 Å². The summed E-state index contributed by atoms with van der Waals surface area (Å²) in [5.74, 6) is 0.514. The van der Waals surface area contributed by atoms with Crippen LogP contribution in [0.25, 0.3) is 5.57 Å². The van der Waals surface area contributed by atoms with Crippen LogP contribution in [0.1, 0.15) is 5.56 Å². The number of ether oxygens (including phenoxy) is 2. The zero-order chi connectivity index (χ0) is 19.6. The molecule has 0 aliphatic carbocycles. The molecule has 2 amide bonds. The molecular weight excluding hydrogens is 346 g/mol. The second-order valence-electron chi connectivity index (χ2n) is 6.59. The standard InChI is InChI=1S/C20H25N3O4/c1-5-8-23-19(24)17(14-6-7-15(26-3)16(13-14)27-4)18(20(23)25)22-11-9-21(2)10-12-22/h5-7,13H,1,8-12H2,2-4H3. The smallest absolute Gasteiger partial charge is 0.278 e. The fourth-order valence-electron chi connectivity index (χ4n) is 3.43. The average Bonchev–Trinajstić information content (AvgIpc) is 2.93. The molecule has 0 atom stereocenters. The predicted octanol–water partition coefficient (Wildman–Crippen LogP) is 1.22. The lowest BCUT2D eigenvalue weighted by molar-refractivity contribution is -0.137. The van der Waals surface area contributed by atoms with Crippen LogP contribution in [0.5, 0.6) is 11.5 Å². The van der Waals surface area contributed by atoms with E-state index in [1.165, 1.54) is 4.90 Å². The normalized spacial score (nSPS) is 18.3. The first-order chi connectivity index (χ1) is 13.0. The van der Waals surface area contributed by atoms with Crippen molar-refractivity contribution in [3.05, 3.63) is 42.1 Å². The van der Waals surface area contributed by atoms with Gasteiger partial charge in [-0.05, 0) is 24.7 Å². The van der Waals surface area contributed by atoms with Gasteiger partial charge in [0.2, 0.25) is 0 Å². The van der Waals surface area contributed by atoms with Gasteiger partial charge in [0.05, 0.1) is 19.8 Å². The zero-order valence-electron chi connectivity index (χ0n) is 16.0. The van der Waals surface area contributed by atoms with Gasteiger partial charge in [0, 0.05) is 32.7 Å². The number of carbonyl (C=O) groups excluding carboxylic acids is 2. The molecule has 2 aliphatic heterocycles. The van der Waals surface area contributed by atoms with E-state index in [1.807, 2.05) is 11.9 Å². The van der Waals surface area contributed by atoms with E-state index in [2.05, 4.69) is 11.5 Å². The highest BCUT2D eigenvalue weighted by atomic mass is 16.5. The fourth-order valence-corrected chi connectivity index (χ4v) is 3.43. The van der Waals surface area contributed by atoms with Gasteiger partial charge in [-0.25, -0.2) is 0 Å². The Bertz CT molecular complexity index is 794. The van der Waals surface area contributed by atoms with E-state index < -0.39 is 0 Å². The van der Waals surface area contributed by atoms with E-state index in [9.17, 15) is 9.59 Å². The quantitative estimate of drug-likeness (QED) is 0.553. The minimum atomic E-state index is -0.305. The van der Waals surface area contributed by atoms with Crippen LogP contribution < -0.4 is 9.47 Å². The van der Waals surface area contributed by atoms with Crippen LogP contribution in [0.4, 0.5) is 0 Å². The Kier molecular flexibility index (Phi) is 5.51. The Morgan fingerprint density at radius 2 is 1.70 bits per heavy atom. The third-order valence-electron chi connectivity index (χ3n) is 4.95. The molecule has 2 heterocycles. The molecule has 0 bridgehead atoms.